The molecule has 1 aromatic heterocycles. The summed E-state index contributed by atoms with van der Waals surface area (Å²) in [6, 6.07) is 14.1. The molecule has 1 aliphatic heterocycles. The van der Waals surface area contributed by atoms with Crippen molar-refractivity contribution in [2.45, 2.75) is 37.6 Å². The van der Waals surface area contributed by atoms with Crippen molar-refractivity contribution in [3.8, 4) is 17.8 Å². The summed E-state index contributed by atoms with van der Waals surface area (Å²) < 4.78 is 11.0. The van der Waals surface area contributed by atoms with E-state index < -0.39 is 5.97 Å². The van der Waals surface area contributed by atoms with E-state index in [9.17, 15) is 14.9 Å². The second-order valence-corrected chi connectivity index (χ2v) is 9.96. The van der Waals surface area contributed by atoms with E-state index in [0.717, 1.165) is 52.3 Å². The van der Waals surface area contributed by atoms with Gasteiger partial charge in [-0.2, -0.15) is 15.2 Å². The standard InChI is InChI=1S/C31H31N5O4/c1-4-28(37)36-15-14-35(19-22(36)12-13-32)30-25-11-10-21(17-27(25)33-31(34-30)39-3)26-18-23(40-29(38)5-2)16-20-8-6-7-9-24(20)26/h4-9,16,18,21-22H,1-2,10-12,14-15,17,19H2,3H3. The number of fused-ring (bicyclic) bond motifs is 2. The lowest BCUT2D eigenvalue weighted by molar-refractivity contribution is -0.129. The van der Waals surface area contributed by atoms with Gasteiger partial charge in [0.25, 0.3) is 0 Å². The Bertz CT molecular complexity index is 1530. The Morgan fingerprint density at radius 2 is 2.00 bits per heavy atom. The predicted molar refractivity (Wildman–Crippen MR) is 151 cm³/mol. The van der Waals surface area contributed by atoms with Gasteiger partial charge >= 0.3 is 12.0 Å². The highest BCUT2D eigenvalue weighted by atomic mass is 16.5. The second kappa shape index (κ2) is 11.6. The molecule has 1 fully saturated rings. The third-order valence-corrected chi connectivity index (χ3v) is 7.67. The number of nitriles is 1. The summed E-state index contributed by atoms with van der Waals surface area (Å²) in [5, 5.41) is 11.5. The molecule has 2 heterocycles. The van der Waals surface area contributed by atoms with E-state index in [2.05, 4.69) is 30.2 Å². The molecule has 9 heteroatoms. The first-order valence-corrected chi connectivity index (χ1v) is 13.3. The third kappa shape index (κ3) is 5.25. The summed E-state index contributed by atoms with van der Waals surface area (Å²) in [5.74, 6) is 0.758. The van der Waals surface area contributed by atoms with Gasteiger partial charge in [-0.3, -0.25) is 4.79 Å². The average molecular weight is 538 g/mol. The molecule has 0 N–H and O–H groups in total. The lowest BCUT2D eigenvalue weighted by atomic mass is 9.80. The number of piperazine rings is 1. The molecular formula is C31H31N5O4. The summed E-state index contributed by atoms with van der Waals surface area (Å²) in [5.41, 5.74) is 3.08. The molecule has 204 valence electrons. The van der Waals surface area contributed by atoms with Crippen molar-refractivity contribution in [3.63, 3.8) is 0 Å². The van der Waals surface area contributed by atoms with Crippen LogP contribution in [0.4, 0.5) is 5.82 Å². The number of ether oxygens (including phenoxy) is 2. The molecule has 3 aromatic rings. The zero-order valence-electron chi connectivity index (χ0n) is 22.5. The van der Waals surface area contributed by atoms with Crippen LogP contribution in [0, 0.1) is 11.3 Å². The number of rotatable bonds is 7. The van der Waals surface area contributed by atoms with Gasteiger partial charge in [0.2, 0.25) is 5.91 Å². The molecule has 5 rings (SSSR count). The van der Waals surface area contributed by atoms with Gasteiger partial charge in [-0.05, 0) is 59.7 Å². The molecule has 2 aliphatic rings. The fourth-order valence-corrected chi connectivity index (χ4v) is 5.79. The monoisotopic (exact) mass is 537 g/mol. The molecule has 0 spiro atoms. The van der Waals surface area contributed by atoms with Crippen LogP contribution in [0.2, 0.25) is 0 Å². The number of methoxy groups -OCH3 is 1. The minimum atomic E-state index is -0.498. The number of benzene rings is 2. The predicted octanol–water partition coefficient (Wildman–Crippen LogP) is 4.12. The van der Waals surface area contributed by atoms with Crippen molar-refractivity contribution in [3.05, 3.63) is 78.5 Å². The molecule has 0 radical (unpaired) electrons. The van der Waals surface area contributed by atoms with Crippen LogP contribution in [0.5, 0.6) is 11.8 Å². The highest BCUT2D eigenvalue weighted by Gasteiger charge is 2.34. The van der Waals surface area contributed by atoms with Crippen LogP contribution in [0.3, 0.4) is 0 Å². The van der Waals surface area contributed by atoms with Crippen LogP contribution in [0.1, 0.15) is 35.6 Å². The van der Waals surface area contributed by atoms with E-state index in [-0.39, 0.29) is 30.3 Å². The number of nitrogens with zero attached hydrogens (tertiary/aromatic N) is 5. The quantitative estimate of drug-likeness (QED) is 0.252. The van der Waals surface area contributed by atoms with Crippen LogP contribution >= 0.6 is 0 Å². The van der Waals surface area contributed by atoms with Crippen LogP contribution in [0.25, 0.3) is 10.8 Å². The van der Waals surface area contributed by atoms with E-state index in [4.69, 9.17) is 19.4 Å². The Kier molecular flexibility index (Phi) is 7.78. The Labute approximate surface area is 233 Å². The topological polar surface area (TPSA) is 109 Å². The zero-order valence-corrected chi connectivity index (χ0v) is 22.5. The van der Waals surface area contributed by atoms with Gasteiger partial charge in [0, 0.05) is 31.3 Å². The number of esters is 1. The van der Waals surface area contributed by atoms with E-state index in [1.807, 2.05) is 30.3 Å². The maximum atomic E-state index is 12.4. The van der Waals surface area contributed by atoms with Crippen molar-refractivity contribution >= 4 is 28.5 Å². The van der Waals surface area contributed by atoms with Gasteiger partial charge in [0.1, 0.15) is 11.6 Å². The number of anilines is 1. The summed E-state index contributed by atoms with van der Waals surface area (Å²) in [4.78, 5) is 37.7. The SMILES string of the molecule is C=CC(=O)Oc1cc(C2CCc3c(nc(OC)nc3N3CCN(C(=O)C=C)C(CC#N)C3)C2)c2ccccc2c1. The molecule has 1 saturated heterocycles. The fraction of sp³-hybridized carbons (Fsp3) is 0.323. The maximum absolute atomic E-state index is 12.4. The Hall–Kier alpha value is -4.71. The normalized spacial score (nSPS) is 18.4. The number of aromatic nitrogens is 2. The lowest BCUT2D eigenvalue weighted by Gasteiger charge is -2.42. The zero-order chi connectivity index (χ0) is 28.2. The van der Waals surface area contributed by atoms with Crippen molar-refractivity contribution in [1.29, 1.82) is 5.26 Å². The molecule has 1 aliphatic carbocycles. The minimum absolute atomic E-state index is 0.139. The third-order valence-electron chi connectivity index (χ3n) is 7.67. The Morgan fingerprint density at radius 3 is 2.75 bits per heavy atom. The van der Waals surface area contributed by atoms with E-state index in [1.165, 1.54) is 6.08 Å². The highest BCUT2D eigenvalue weighted by molar-refractivity contribution is 5.90. The summed E-state index contributed by atoms with van der Waals surface area (Å²) in [6.45, 7) is 8.66. The summed E-state index contributed by atoms with van der Waals surface area (Å²) >= 11 is 0. The van der Waals surface area contributed by atoms with Crippen molar-refractivity contribution in [2.75, 3.05) is 31.6 Å². The van der Waals surface area contributed by atoms with Crippen molar-refractivity contribution in [2.24, 2.45) is 0 Å². The number of carbonyl (C=O) groups excluding carboxylic acids is 2. The van der Waals surface area contributed by atoms with Crippen LogP contribution < -0.4 is 14.4 Å². The number of hydrogen-bond donors (Lipinski definition) is 0. The first-order valence-electron chi connectivity index (χ1n) is 13.3. The largest absolute Gasteiger partial charge is 0.467 e. The maximum Gasteiger partial charge on any atom is 0.335 e. The fourth-order valence-electron chi connectivity index (χ4n) is 5.79. The Balaban J connectivity index is 1.49. The highest BCUT2D eigenvalue weighted by Crippen LogP contribution is 2.40. The number of hydrogen-bond acceptors (Lipinski definition) is 8. The lowest BCUT2D eigenvalue weighted by Crippen LogP contribution is -2.55. The Morgan fingerprint density at radius 1 is 1.18 bits per heavy atom. The van der Waals surface area contributed by atoms with Crippen LogP contribution in [-0.4, -0.2) is 59.5 Å². The molecule has 0 bridgehead atoms. The summed E-state index contributed by atoms with van der Waals surface area (Å²) in [7, 11) is 1.55. The molecule has 2 unspecified atom stereocenters. The first kappa shape index (κ1) is 26.9. The van der Waals surface area contributed by atoms with E-state index in [0.29, 0.717) is 31.8 Å². The van der Waals surface area contributed by atoms with Crippen molar-refractivity contribution < 1.29 is 19.1 Å². The molecule has 2 atom stereocenters. The molecular weight excluding hydrogens is 506 g/mol. The van der Waals surface area contributed by atoms with E-state index in [1.54, 1.807) is 12.0 Å². The number of amides is 1. The van der Waals surface area contributed by atoms with Crippen LogP contribution in [-0.2, 0) is 22.4 Å². The smallest absolute Gasteiger partial charge is 0.335 e. The molecule has 2 aromatic carbocycles. The van der Waals surface area contributed by atoms with Gasteiger partial charge in [0.05, 0.1) is 31.3 Å². The summed E-state index contributed by atoms with van der Waals surface area (Å²) in [6.07, 6.45) is 4.95. The van der Waals surface area contributed by atoms with Gasteiger partial charge < -0.3 is 19.3 Å². The van der Waals surface area contributed by atoms with E-state index >= 15 is 0 Å². The molecule has 0 saturated carbocycles. The minimum Gasteiger partial charge on any atom is -0.467 e. The van der Waals surface area contributed by atoms with Crippen molar-refractivity contribution in [1.82, 2.24) is 14.9 Å². The van der Waals surface area contributed by atoms with Crippen LogP contribution in [0.15, 0.2) is 61.7 Å². The van der Waals surface area contributed by atoms with Gasteiger partial charge in [-0.1, -0.05) is 37.4 Å². The second-order valence-electron chi connectivity index (χ2n) is 9.96. The molecule has 9 nitrogen and oxygen atoms in total. The van der Waals surface area contributed by atoms with Gasteiger partial charge in [-0.15, -0.1) is 0 Å². The van der Waals surface area contributed by atoms with Gasteiger partial charge in [-0.25, -0.2) is 4.79 Å². The number of carbonyl (C=O) groups is 2. The van der Waals surface area contributed by atoms with Gasteiger partial charge in [0.15, 0.2) is 0 Å². The molecule has 40 heavy (non-hydrogen) atoms. The molecule has 1 amide bonds. The average Bonchev–Trinajstić information content (AvgIpc) is 2.99. The first-order chi connectivity index (χ1) is 19.4.